The highest BCUT2D eigenvalue weighted by molar-refractivity contribution is 5.89. The van der Waals surface area contributed by atoms with Crippen molar-refractivity contribution in [1.82, 2.24) is 5.32 Å². The van der Waals surface area contributed by atoms with Gasteiger partial charge in [-0.25, -0.2) is 4.79 Å². The Balaban J connectivity index is 1.90. The molecule has 3 aromatic carbocycles. The minimum atomic E-state index is -1.05. The van der Waals surface area contributed by atoms with Crippen molar-refractivity contribution >= 4 is 17.6 Å². The van der Waals surface area contributed by atoms with Gasteiger partial charge < -0.3 is 25.2 Å². The van der Waals surface area contributed by atoms with Crippen LogP contribution in [-0.2, 0) is 16.0 Å². The number of benzene rings is 3. The Bertz CT molecular complexity index is 1160. The first-order valence-corrected chi connectivity index (χ1v) is 12.0. The molecule has 0 heterocycles. The Hall–Kier alpha value is -4.00. The first-order chi connectivity index (χ1) is 17.3. The third kappa shape index (κ3) is 7.25. The van der Waals surface area contributed by atoms with Crippen molar-refractivity contribution in [2.24, 2.45) is 5.92 Å². The lowest BCUT2D eigenvalue weighted by molar-refractivity contribution is -0.142. The molecule has 3 rings (SSSR count). The number of carboxylic acid groups (broad SMARTS) is 1. The van der Waals surface area contributed by atoms with E-state index in [-0.39, 0.29) is 11.8 Å². The zero-order valence-electron chi connectivity index (χ0n) is 21.2. The fraction of sp³-hybridized carbons (Fsp3) is 0.310. The number of carbonyl (C=O) groups excluding carboxylic acids is 1. The van der Waals surface area contributed by atoms with Crippen LogP contribution < -0.4 is 20.1 Å². The summed E-state index contributed by atoms with van der Waals surface area (Å²) in [5.74, 6) is -0.167. The molecule has 0 fully saturated rings. The monoisotopic (exact) mass is 490 g/mol. The molecule has 2 atom stereocenters. The number of hydrogen-bond donors (Lipinski definition) is 3. The largest absolute Gasteiger partial charge is 0.493 e. The first kappa shape index (κ1) is 26.6. The van der Waals surface area contributed by atoms with Crippen molar-refractivity contribution in [3.05, 3.63) is 78.4 Å². The van der Waals surface area contributed by atoms with Crippen molar-refractivity contribution in [3.8, 4) is 22.6 Å². The molecule has 0 radical (unpaired) electrons. The summed E-state index contributed by atoms with van der Waals surface area (Å²) in [7, 11) is 3.12. The van der Waals surface area contributed by atoms with Gasteiger partial charge in [0.25, 0.3) is 0 Å². The molecule has 0 aliphatic rings. The van der Waals surface area contributed by atoms with Crippen molar-refractivity contribution < 1.29 is 24.2 Å². The second-order valence-electron chi connectivity index (χ2n) is 9.07. The number of amides is 1. The molecule has 36 heavy (non-hydrogen) atoms. The van der Waals surface area contributed by atoms with Gasteiger partial charge in [-0.1, -0.05) is 62.4 Å². The number of carbonyl (C=O) groups is 2. The molecule has 7 nitrogen and oxygen atoms in total. The minimum absolute atomic E-state index is 0.117. The van der Waals surface area contributed by atoms with E-state index in [1.54, 1.807) is 20.3 Å². The van der Waals surface area contributed by atoms with E-state index in [1.807, 2.05) is 80.6 Å². The van der Waals surface area contributed by atoms with E-state index in [4.69, 9.17) is 9.47 Å². The van der Waals surface area contributed by atoms with Crippen LogP contribution >= 0.6 is 0 Å². The van der Waals surface area contributed by atoms with Gasteiger partial charge in [-0.15, -0.1) is 0 Å². The Morgan fingerprint density at radius 2 is 1.53 bits per heavy atom. The van der Waals surface area contributed by atoms with E-state index in [0.717, 1.165) is 22.4 Å². The minimum Gasteiger partial charge on any atom is -0.493 e. The summed E-state index contributed by atoms with van der Waals surface area (Å²) in [6.07, 6.45) is 0.656. The summed E-state index contributed by atoms with van der Waals surface area (Å²) >= 11 is 0. The van der Waals surface area contributed by atoms with E-state index in [9.17, 15) is 14.7 Å². The van der Waals surface area contributed by atoms with Gasteiger partial charge in [0.1, 0.15) is 12.1 Å². The van der Waals surface area contributed by atoms with E-state index in [2.05, 4.69) is 10.6 Å². The van der Waals surface area contributed by atoms with E-state index < -0.39 is 18.1 Å². The summed E-state index contributed by atoms with van der Waals surface area (Å²) in [5.41, 5.74) is 3.67. The zero-order chi connectivity index (χ0) is 26.1. The normalized spacial score (nSPS) is 12.5. The van der Waals surface area contributed by atoms with Gasteiger partial charge in [0.2, 0.25) is 5.91 Å². The standard InChI is InChI=1S/C29H34N2O5/c1-19(2)15-25(29(33)34)31-28(32)24(16-20-13-14-26(35-3)27(17-20)36-4)30-23-12-8-11-22(18-23)21-9-6-5-7-10-21/h5-14,17-19,24-25,30H,15-16H2,1-4H3,(H,31,32)(H,33,34). The lowest BCUT2D eigenvalue weighted by Crippen LogP contribution is -2.49. The number of nitrogens with one attached hydrogen (secondary N) is 2. The molecule has 0 saturated heterocycles. The quantitative estimate of drug-likeness (QED) is 0.330. The molecule has 1 amide bonds. The summed E-state index contributed by atoms with van der Waals surface area (Å²) < 4.78 is 10.7. The number of hydrogen-bond acceptors (Lipinski definition) is 5. The van der Waals surface area contributed by atoms with Crippen LogP contribution in [0.25, 0.3) is 11.1 Å². The van der Waals surface area contributed by atoms with E-state index >= 15 is 0 Å². The molecular formula is C29H34N2O5. The Labute approximate surface area is 212 Å². The topological polar surface area (TPSA) is 96.9 Å². The van der Waals surface area contributed by atoms with Crippen LogP contribution in [-0.4, -0.2) is 43.3 Å². The van der Waals surface area contributed by atoms with Crippen LogP contribution in [0.1, 0.15) is 25.8 Å². The van der Waals surface area contributed by atoms with Crippen LogP contribution in [0.5, 0.6) is 11.5 Å². The predicted octanol–water partition coefficient (Wildman–Crippen LogP) is 5.01. The van der Waals surface area contributed by atoms with Crippen molar-refractivity contribution in [2.45, 2.75) is 38.8 Å². The van der Waals surface area contributed by atoms with E-state index in [1.165, 1.54) is 0 Å². The number of aliphatic carboxylic acids is 1. The highest BCUT2D eigenvalue weighted by Crippen LogP contribution is 2.29. The Kier molecular flexibility index (Phi) is 9.33. The van der Waals surface area contributed by atoms with Gasteiger partial charge >= 0.3 is 5.97 Å². The second kappa shape index (κ2) is 12.6. The van der Waals surface area contributed by atoms with Crippen molar-refractivity contribution in [2.75, 3.05) is 19.5 Å². The predicted molar refractivity (Wildman–Crippen MR) is 142 cm³/mol. The van der Waals surface area contributed by atoms with Gasteiger partial charge in [-0.2, -0.15) is 0 Å². The number of rotatable bonds is 12. The van der Waals surface area contributed by atoms with Crippen LogP contribution in [0.3, 0.4) is 0 Å². The number of anilines is 1. The molecular weight excluding hydrogens is 456 g/mol. The molecule has 0 bridgehead atoms. The van der Waals surface area contributed by atoms with Crippen molar-refractivity contribution in [3.63, 3.8) is 0 Å². The average molecular weight is 491 g/mol. The highest BCUT2D eigenvalue weighted by Gasteiger charge is 2.26. The summed E-state index contributed by atoms with van der Waals surface area (Å²) in [5, 5.41) is 15.7. The molecule has 0 aliphatic carbocycles. The molecule has 190 valence electrons. The molecule has 0 aliphatic heterocycles. The molecule has 3 aromatic rings. The maximum absolute atomic E-state index is 13.4. The smallest absolute Gasteiger partial charge is 0.326 e. The van der Waals surface area contributed by atoms with Crippen molar-refractivity contribution in [1.29, 1.82) is 0 Å². The fourth-order valence-electron chi connectivity index (χ4n) is 4.04. The first-order valence-electron chi connectivity index (χ1n) is 12.0. The van der Waals surface area contributed by atoms with Crippen LogP contribution in [0.4, 0.5) is 5.69 Å². The van der Waals surface area contributed by atoms with Gasteiger partial charge in [0.15, 0.2) is 11.5 Å². The molecule has 7 heteroatoms. The maximum Gasteiger partial charge on any atom is 0.326 e. The SMILES string of the molecule is COc1ccc(CC(Nc2cccc(-c3ccccc3)c2)C(=O)NC(CC(C)C)C(=O)O)cc1OC. The fourth-order valence-corrected chi connectivity index (χ4v) is 4.04. The van der Waals surface area contributed by atoms with Crippen LogP contribution in [0.2, 0.25) is 0 Å². The van der Waals surface area contributed by atoms with Gasteiger partial charge in [0, 0.05) is 12.1 Å². The average Bonchev–Trinajstić information content (AvgIpc) is 2.88. The lowest BCUT2D eigenvalue weighted by Gasteiger charge is -2.24. The highest BCUT2D eigenvalue weighted by atomic mass is 16.5. The van der Waals surface area contributed by atoms with Gasteiger partial charge in [0.05, 0.1) is 14.2 Å². The molecule has 0 spiro atoms. The Morgan fingerprint density at radius 1 is 0.833 bits per heavy atom. The van der Waals surface area contributed by atoms with Gasteiger partial charge in [-0.05, 0) is 53.3 Å². The molecule has 0 aromatic heterocycles. The third-order valence-electron chi connectivity index (χ3n) is 5.84. The summed E-state index contributed by atoms with van der Waals surface area (Å²) in [6, 6.07) is 21.6. The molecule has 0 saturated carbocycles. The van der Waals surface area contributed by atoms with Crippen LogP contribution in [0, 0.1) is 5.92 Å². The third-order valence-corrected chi connectivity index (χ3v) is 5.84. The second-order valence-corrected chi connectivity index (χ2v) is 9.07. The molecule has 2 unspecified atom stereocenters. The summed E-state index contributed by atoms with van der Waals surface area (Å²) in [4.78, 5) is 25.2. The van der Waals surface area contributed by atoms with Crippen LogP contribution in [0.15, 0.2) is 72.8 Å². The molecule has 3 N–H and O–H groups in total. The number of methoxy groups -OCH3 is 2. The van der Waals surface area contributed by atoms with E-state index in [0.29, 0.717) is 24.3 Å². The zero-order valence-corrected chi connectivity index (χ0v) is 21.2. The van der Waals surface area contributed by atoms with Gasteiger partial charge in [-0.3, -0.25) is 4.79 Å². The lowest BCUT2D eigenvalue weighted by atomic mass is 10.0. The number of ether oxygens (including phenoxy) is 2. The Morgan fingerprint density at radius 3 is 2.17 bits per heavy atom. The summed E-state index contributed by atoms with van der Waals surface area (Å²) in [6.45, 7) is 3.85. The maximum atomic E-state index is 13.4. The number of carboxylic acids is 1.